The van der Waals surface area contributed by atoms with Gasteiger partial charge in [0.25, 0.3) is 0 Å². The third-order valence-electron chi connectivity index (χ3n) is 1.37. The van der Waals surface area contributed by atoms with Crippen molar-refractivity contribution in [1.29, 1.82) is 0 Å². The Morgan fingerprint density at radius 2 is 1.00 bits per heavy atom. The van der Waals surface area contributed by atoms with E-state index in [-0.39, 0.29) is 6.08 Å². The van der Waals surface area contributed by atoms with Crippen molar-refractivity contribution in [3.8, 4) is 0 Å². The van der Waals surface area contributed by atoms with Gasteiger partial charge in [0.1, 0.15) is 0 Å². The van der Waals surface area contributed by atoms with Crippen molar-refractivity contribution in [1.82, 2.24) is 0 Å². The molecule has 0 aliphatic heterocycles. The van der Waals surface area contributed by atoms with Crippen LogP contribution in [0, 0.1) is 6.08 Å². The molecule has 0 saturated heterocycles. The van der Waals surface area contributed by atoms with Crippen molar-refractivity contribution in [2.45, 2.75) is 23.9 Å². The molecule has 0 spiro atoms. The first kappa shape index (κ1) is 14.1. The van der Waals surface area contributed by atoms with Crippen LogP contribution in [0.5, 0.6) is 0 Å². The highest BCUT2D eigenvalue weighted by Crippen LogP contribution is 2.52. The molecule has 0 fully saturated rings. The molecule has 0 atom stereocenters. The molecule has 0 aromatic carbocycles. The predicted molar refractivity (Wildman–Crippen MR) is 29.8 cm³/mol. The van der Waals surface area contributed by atoms with Gasteiger partial charge in [-0.25, -0.2) is 0 Å². The van der Waals surface area contributed by atoms with E-state index in [0.29, 0.717) is 0 Å². The second-order valence-electron chi connectivity index (χ2n) is 2.40. The average molecular weight is 245 g/mol. The van der Waals surface area contributed by atoms with Crippen LogP contribution in [0.1, 0.15) is 0 Å². The summed E-state index contributed by atoms with van der Waals surface area (Å²) >= 11 is 0. The number of hydrogen-bond donors (Lipinski definition) is 0. The Kier molecular flexibility index (Phi) is 3.11. The number of hydrogen-bond acceptors (Lipinski definition) is 0. The molecule has 9 heteroatoms. The maximum atomic E-state index is 12.2. The minimum absolute atomic E-state index is 0.146. The number of halogens is 9. The van der Waals surface area contributed by atoms with Crippen LogP contribution in [0.25, 0.3) is 0 Å². The predicted octanol–water partition coefficient (Wildman–Crippen LogP) is 3.44. The molecule has 0 amide bonds. The molecular weight excluding hydrogens is 243 g/mol. The molecule has 15 heavy (non-hydrogen) atoms. The Labute approximate surface area is 77.4 Å². The first-order valence-corrected chi connectivity index (χ1v) is 3.05. The Morgan fingerprint density at radius 3 is 1.20 bits per heavy atom. The number of rotatable bonds is 3. The summed E-state index contributed by atoms with van der Waals surface area (Å²) in [6, 6.07) is 0. The van der Waals surface area contributed by atoms with Gasteiger partial charge in [-0.3, -0.25) is 0 Å². The van der Waals surface area contributed by atoms with Crippen molar-refractivity contribution in [2.24, 2.45) is 0 Å². The van der Waals surface area contributed by atoms with Gasteiger partial charge in [0.05, 0.1) is 0 Å². The second kappa shape index (κ2) is 3.31. The second-order valence-corrected chi connectivity index (χ2v) is 2.40. The smallest absolute Gasteiger partial charge is 0.194 e. The lowest BCUT2D eigenvalue weighted by Crippen LogP contribution is -2.60. The van der Waals surface area contributed by atoms with Gasteiger partial charge in [0.15, 0.2) is 0 Å². The molecule has 0 aromatic heterocycles. The van der Waals surface area contributed by atoms with Crippen molar-refractivity contribution in [3.05, 3.63) is 12.7 Å². The Hall–Kier alpha value is -0.890. The first-order chi connectivity index (χ1) is 6.31. The SMILES string of the molecule is C=[C]C(F)(F)C(F)(F)C(F)(F)C(F)(F)F. The first-order valence-electron chi connectivity index (χ1n) is 3.05. The summed E-state index contributed by atoms with van der Waals surface area (Å²) in [6.07, 6.45) is -6.65. The minimum atomic E-state index is -6.87. The maximum absolute atomic E-state index is 12.2. The molecule has 0 aliphatic rings. The van der Waals surface area contributed by atoms with Gasteiger partial charge in [-0.1, -0.05) is 6.58 Å². The highest BCUT2D eigenvalue weighted by molar-refractivity contribution is 5.04. The van der Waals surface area contributed by atoms with Crippen molar-refractivity contribution in [3.63, 3.8) is 0 Å². The highest BCUT2D eigenvalue weighted by Gasteiger charge is 2.81. The fraction of sp³-hybridized carbons (Fsp3) is 0.667. The summed E-state index contributed by atoms with van der Waals surface area (Å²) in [5, 5.41) is 0. The molecule has 0 heterocycles. The largest absolute Gasteiger partial charge is 0.460 e. The maximum Gasteiger partial charge on any atom is 0.460 e. The van der Waals surface area contributed by atoms with Crippen LogP contribution in [-0.2, 0) is 0 Å². The van der Waals surface area contributed by atoms with Gasteiger partial charge < -0.3 is 0 Å². The van der Waals surface area contributed by atoms with Gasteiger partial charge >= 0.3 is 23.9 Å². The van der Waals surface area contributed by atoms with Crippen LogP contribution < -0.4 is 0 Å². The molecule has 0 aromatic rings. The Morgan fingerprint density at radius 1 is 0.667 bits per heavy atom. The molecule has 89 valence electrons. The van der Waals surface area contributed by atoms with E-state index < -0.39 is 23.9 Å². The van der Waals surface area contributed by atoms with Gasteiger partial charge in [-0.2, -0.15) is 39.5 Å². The summed E-state index contributed by atoms with van der Waals surface area (Å²) in [7, 11) is 0. The van der Waals surface area contributed by atoms with E-state index in [1.165, 1.54) is 0 Å². The summed E-state index contributed by atoms with van der Waals surface area (Å²) in [5.41, 5.74) is 0. The van der Waals surface area contributed by atoms with Crippen LogP contribution in [-0.4, -0.2) is 23.9 Å². The lowest BCUT2D eigenvalue weighted by molar-refractivity contribution is -0.389. The zero-order chi connectivity index (χ0) is 12.7. The van der Waals surface area contributed by atoms with E-state index in [4.69, 9.17) is 0 Å². The van der Waals surface area contributed by atoms with Crippen molar-refractivity contribution in [2.75, 3.05) is 0 Å². The molecular formula is C6H2F9. The van der Waals surface area contributed by atoms with Crippen LogP contribution in [0.2, 0.25) is 0 Å². The fourth-order valence-electron chi connectivity index (χ4n) is 0.486. The molecule has 0 unspecified atom stereocenters. The summed E-state index contributed by atoms with van der Waals surface area (Å²) in [5.74, 6) is -19.3. The normalized spacial score (nSPS) is 15.3. The van der Waals surface area contributed by atoms with Crippen molar-refractivity contribution < 1.29 is 39.5 Å². The van der Waals surface area contributed by atoms with Crippen molar-refractivity contribution >= 4 is 0 Å². The summed E-state index contributed by atoms with van der Waals surface area (Å²) < 4.78 is 107. The Balaban J connectivity index is 5.47. The lowest BCUT2D eigenvalue weighted by Gasteiger charge is -2.31. The van der Waals surface area contributed by atoms with Crippen LogP contribution in [0.4, 0.5) is 39.5 Å². The van der Waals surface area contributed by atoms with E-state index in [2.05, 4.69) is 0 Å². The molecule has 0 nitrogen and oxygen atoms in total. The van der Waals surface area contributed by atoms with E-state index in [0.717, 1.165) is 0 Å². The topological polar surface area (TPSA) is 0 Å². The highest BCUT2D eigenvalue weighted by atomic mass is 19.4. The van der Waals surface area contributed by atoms with E-state index >= 15 is 0 Å². The standard InChI is InChI=1S/C6H2F9/c1-2-3(7,8)4(9,10)5(11,12)6(13,14)15/h1H2. The average Bonchev–Trinajstić information content (AvgIpc) is 2.01. The van der Waals surface area contributed by atoms with Gasteiger partial charge in [0, 0.05) is 6.08 Å². The van der Waals surface area contributed by atoms with E-state index in [9.17, 15) is 39.5 Å². The molecule has 0 bridgehead atoms. The van der Waals surface area contributed by atoms with Crippen LogP contribution in [0.15, 0.2) is 6.58 Å². The van der Waals surface area contributed by atoms with E-state index in [1.54, 1.807) is 0 Å². The monoisotopic (exact) mass is 245 g/mol. The lowest BCUT2D eigenvalue weighted by atomic mass is 10.0. The van der Waals surface area contributed by atoms with Gasteiger partial charge in [-0.15, -0.1) is 0 Å². The Bertz CT molecular complexity index is 248. The van der Waals surface area contributed by atoms with Crippen LogP contribution in [0.3, 0.4) is 0 Å². The molecule has 0 N–H and O–H groups in total. The third-order valence-corrected chi connectivity index (χ3v) is 1.37. The van der Waals surface area contributed by atoms with Gasteiger partial charge in [-0.05, 0) is 0 Å². The number of allylic oxidation sites excluding steroid dienone is 1. The fourth-order valence-corrected chi connectivity index (χ4v) is 0.486. The van der Waals surface area contributed by atoms with Gasteiger partial charge in [0.2, 0.25) is 0 Å². The zero-order valence-corrected chi connectivity index (χ0v) is 6.61. The third kappa shape index (κ3) is 1.91. The molecule has 1 radical (unpaired) electrons. The quantitative estimate of drug-likeness (QED) is 0.668. The van der Waals surface area contributed by atoms with E-state index in [1.807, 2.05) is 6.58 Å². The molecule has 0 saturated carbocycles. The zero-order valence-electron chi connectivity index (χ0n) is 6.61. The summed E-state index contributed by atoms with van der Waals surface area (Å²) in [6.45, 7) is 1.94. The molecule has 0 rings (SSSR count). The summed E-state index contributed by atoms with van der Waals surface area (Å²) in [4.78, 5) is 0. The minimum Gasteiger partial charge on any atom is -0.194 e. The molecule has 0 aliphatic carbocycles. The number of alkyl halides is 9. The van der Waals surface area contributed by atoms with Crippen LogP contribution >= 0.6 is 0 Å².